The quantitative estimate of drug-likeness (QED) is 0.494. The molecular weight excluding hydrogens is 350 g/mol. The lowest BCUT2D eigenvalue weighted by Crippen LogP contribution is -2.26. The number of carbonyl (C=O) groups excluding carboxylic acids is 1. The molecule has 0 aromatic heterocycles. The molecule has 0 amide bonds. The second-order valence-electron chi connectivity index (χ2n) is 6.23. The molecule has 0 aliphatic rings. The molecule has 0 heterocycles. The number of Topliss-reactive ketones (excluding diaryl/α,β-unsaturated/α-hetero) is 1. The van der Waals surface area contributed by atoms with Crippen LogP contribution in [0.25, 0.3) is 0 Å². The van der Waals surface area contributed by atoms with Gasteiger partial charge in [0.15, 0.2) is 5.78 Å². The zero-order valence-corrected chi connectivity index (χ0v) is 15.8. The third-order valence-corrected chi connectivity index (χ3v) is 5.65. The number of aryl methyl sites for hydroxylation is 1. The minimum absolute atomic E-state index is 0.0956. The first-order chi connectivity index (χ1) is 12.4. The van der Waals surface area contributed by atoms with Crippen molar-refractivity contribution in [2.45, 2.75) is 37.5 Å². The van der Waals surface area contributed by atoms with E-state index >= 15 is 0 Å². The maximum absolute atomic E-state index is 12.3. The fraction of sp³-hybridized carbons (Fsp3) is 0.350. The summed E-state index contributed by atoms with van der Waals surface area (Å²) in [6.45, 7) is 1.97. The highest BCUT2D eigenvalue weighted by molar-refractivity contribution is 7.89. The number of hydrogen-bond donors (Lipinski definition) is 2. The summed E-state index contributed by atoms with van der Waals surface area (Å²) in [5.74, 6) is -0.0956. The summed E-state index contributed by atoms with van der Waals surface area (Å²) in [5, 5.41) is 8.80. The van der Waals surface area contributed by atoms with Crippen molar-refractivity contribution in [1.82, 2.24) is 4.72 Å². The van der Waals surface area contributed by atoms with E-state index in [1.807, 2.05) is 24.3 Å². The normalized spacial score (nSPS) is 11.5. The number of benzene rings is 2. The number of ketones is 1. The number of aliphatic hydroxyl groups is 1. The summed E-state index contributed by atoms with van der Waals surface area (Å²) in [6.07, 6.45) is 3.29. The smallest absolute Gasteiger partial charge is 0.240 e. The highest BCUT2D eigenvalue weighted by atomic mass is 32.2. The van der Waals surface area contributed by atoms with Crippen molar-refractivity contribution in [3.05, 3.63) is 65.2 Å². The van der Waals surface area contributed by atoms with E-state index in [9.17, 15) is 13.2 Å². The van der Waals surface area contributed by atoms with Gasteiger partial charge in [-0.15, -0.1) is 0 Å². The van der Waals surface area contributed by atoms with Crippen molar-refractivity contribution in [3.8, 4) is 0 Å². The molecule has 0 radical (unpaired) electrons. The summed E-state index contributed by atoms with van der Waals surface area (Å²) in [5.41, 5.74) is 2.77. The number of carbonyl (C=O) groups is 1. The van der Waals surface area contributed by atoms with Gasteiger partial charge in [-0.3, -0.25) is 4.79 Å². The first kappa shape index (κ1) is 20.3. The number of unbranched alkanes of at least 4 members (excludes halogenated alkanes) is 1. The molecule has 6 heteroatoms. The van der Waals surface area contributed by atoms with Gasteiger partial charge in [-0.25, -0.2) is 13.1 Å². The lowest BCUT2D eigenvalue weighted by molar-refractivity contribution is 0.101. The molecule has 0 spiro atoms. The van der Waals surface area contributed by atoms with Gasteiger partial charge in [0.1, 0.15) is 0 Å². The molecule has 0 saturated carbocycles. The first-order valence-electron chi connectivity index (χ1n) is 8.72. The Labute approximate surface area is 155 Å². The van der Waals surface area contributed by atoms with Crippen LogP contribution < -0.4 is 4.72 Å². The van der Waals surface area contributed by atoms with Gasteiger partial charge in [-0.05, 0) is 55.9 Å². The Morgan fingerprint density at radius 1 is 0.923 bits per heavy atom. The zero-order valence-electron chi connectivity index (χ0n) is 14.9. The summed E-state index contributed by atoms with van der Waals surface area (Å²) in [4.78, 5) is 11.4. The van der Waals surface area contributed by atoms with Crippen LogP contribution in [0.4, 0.5) is 0 Å². The average Bonchev–Trinajstić information content (AvgIpc) is 2.63. The van der Waals surface area contributed by atoms with E-state index in [4.69, 9.17) is 5.11 Å². The van der Waals surface area contributed by atoms with E-state index in [0.717, 1.165) is 24.8 Å². The molecule has 26 heavy (non-hydrogen) atoms. The van der Waals surface area contributed by atoms with Gasteiger partial charge >= 0.3 is 0 Å². The van der Waals surface area contributed by atoms with Crippen molar-refractivity contribution >= 4 is 15.8 Å². The maximum Gasteiger partial charge on any atom is 0.240 e. The highest BCUT2D eigenvalue weighted by Gasteiger charge is 2.13. The second-order valence-corrected chi connectivity index (χ2v) is 7.99. The van der Waals surface area contributed by atoms with Crippen LogP contribution in [-0.2, 0) is 22.9 Å². The van der Waals surface area contributed by atoms with E-state index in [2.05, 4.69) is 4.72 Å². The van der Waals surface area contributed by atoms with Crippen LogP contribution in [0.5, 0.6) is 0 Å². The Morgan fingerprint density at radius 2 is 1.50 bits per heavy atom. The van der Waals surface area contributed by atoms with Gasteiger partial charge in [0.25, 0.3) is 0 Å². The Balaban J connectivity index is 1.86. The van der Waals surface area contributed by atoms with Crippen LogP contribution in [0.1, 0.15) is 41.3 Å². The Kier molecular flexibility index (Phi) is 7.50. The lowest BCUT2D eigenvalue weighted by Gasteiger charge is -2.08. The number of rotatable bonds is 10. The Hall–Kier alpha value is -2.02. The highest BCUT2D eigenvalue weighted by Crippen LogP contribution is 2.12. The third-order valence-electron chi connectivity index (χ3n) is 4.17. The molecule has 2 aromatic carbocycles. The van der Waals surface area contributed by atoms with Crippen LogP contribution >= 0.6 is 0 Å². The van der Waals surface area contributed by atoms with Gasteiger partial charge in [0.05, 0.1) is 4.90 Å². The van der Waals surface area contributed by atoms with Crippen molar-refractivity contribution in [2.24, 2.45) is 0 Å². The molecule has 0 bridgehead atoms. The predicted octanol–water partition coefficient (Wildman–Crippen LogP) is 2.73. The molecule has 140 valence electrons. The summed E-state index contributed by atoms with van der Waals surface area (Å²) in [7, 11) is -3.58. The average molecular weight is 375 g/mol. The van der Waals surface area contributed by atoms with Crippen molar-refractivity contribution in [3.63, 3.8) is 0 Å². The fourth-order valence-electron chi connectivity index (χ4n) is 2.60. The van der Waals surface area contributed by atoms with Gasteiger partial charge in [-0.2, -0.15) is 0 Å². The van der Waals surface area contributed by atoms with Gasteiger partial charge in [0.2, 0.25) is 10.0 Å². The van der Waals surface area contributed by atoms with Gasteiger partial charge in [-0.1, -0.05) is 36.4 Å². The topological polar surface area (TPSA) is 83.5 Å². The fourth-order valence-corrected chi connectivity index (χ4v) is 3.63. The molecule has 0 atom stereocenters. The molecule has 0 aliphatic carbocycles. The Morgan fingerprint density at radius 3 is 2.04 bits per heavy atom. The number of aliphatic hydroxyl groups excluding tert-OH is 1. The third kappa shape index (κ3) is 6.05. The molecule has 0 unspecified atom stereocenters. The minimum Gasteiger partial charge on any atom is -0.396 e. The zero-order chi connectivity index (χ0) is 19.0. The number of hydrogen-bond acceptors (Lipinski definition) is 4. The van der Waals surface area contributed by atoms with Crippen LogP contribution in [-0.4, -0.2) is 32.5 Å². The van der Waals surface area contributed by atoms with Crippen LogP contribution in [0, 0.1) is 0 Å². The molecule has 0 aliphatic heterocycles. The number of sulfonamides is 1. The van der Waals surface area contributed by atoms with Crippen LogP contribution in [0.2, 0.25) is 0 Å². The van der Waals surface area contributed by atoms with Crippen molar-refractivity contribution in [2.75, 3.05) is 13.2 Å². The van der Waals surface area contributed by atoms with Gasteiger partial charge < -0.3 is 5.11 Å². The summed E-state index contributed by atoms with van der Waals surface area (Å²) in [6, 6.07) is 14.0. The number of nitrogens with one attached hydrogen (secondary N) is 1. The van der Waals surface area contributed by atoms with Crippen LogP contribution in [0.15, 0.2) is 53.4 Å². The summed E-state index contributed by atoms with van der Waals surface area (Å²) >= 11 is 0. The molecule has 0 fully saturated rings. The monoisotopic (exact) mass is 375 g/mol. The molecule has 0 saturated heterocycles. The standard InChI is InChI=1S/C20H25NO4S/c1-16(23)19-9-11-20(12-10-19)26(24,25)21-14-13-18-7-5-17(6-8-18)4-2-3-15-22/h5-12,21-22H,2-4,13-15H2,1H3. The maximum atomic E-state index is 12.3. The molecule has 2 rings (SSSR count). The van der Waals surface area contributed by atoms with E-state index in [-0.39, 0.29) is 17.3 Å². The Bertz CT molecular complexity index is 812. The molecule has 2 N–H and O–H groups in total. The summed E-state index contributed by atoms with van der Waals surface area (Å²) < 4.78 is 27.2. The lowest BCUT2D eigenvalue weighted by atomic mass is 10.0. The predicted molar refractivity (Wildman–Crippen MR) is 102 cm³/mol. The van der Waals surface area contributed by atoms with Crippen molar-refractivity contribution in [1.29, 1.82) is 0 Å². The molecular formula is C20H25NO4S. The van der Waals surface area contributed by atoms with E-state index in [1.54, 1.807) is 0 Å². The van der Waals surface area contributed by atoms with Crippen molar-refractivity contribution < 1.29 is 18.3 Å². The van der Waals surface area contributed by atoms with E-state index in [1.165, 1.54) is 36.8 Å². The van der Waals surface area contributed by atoms with Crippen LogP contribution in [0.3, 0.4) is 0 Å². The molecule has 2 aromatic rings. The largest absolute Gasteiger partial charge is 0.396 e. The minimum atomic E-state index is -3.58. The molecule has 5 nitrogen and oxygen atoms in total. The SMILES string of the molecule is CC(=O)c1ccc(S(=O)(=O)NCCc2ccc(CCCCO)cc2)cc1. The van der Waals surface area contributed by atoms with E-state index in [0.29, 0.717) is 18.5 Å². The van der Waals surface area contributed by atoms with Gasteiger partial charge in [0, 0.05) is 18.7 Å². The second kappa shape index (κ2) is 9.62. The first-order valence-corrected chi connectivity index (χ1v) is 10.2. The van der Waals surface area contributed by atoms with E-state index < -0.39 is 10.0 Å².